The fourth-order valence-electron chi connectivity index (χ4n) is 4.50. The van der Waals surface area contributed by atoms with Crippen LogP contribution in [0.4, 0.5) is 0 Å². The minimum atomic E-state index is -0.985. The van der Waals surface area contributed by atoms with E-state index < -0.39 is 24.1 Å². The molecule has 0 aliphatic rings. The Morgan fingerprint density at radius 1 is 0.558 bits per heavy atom. The molecule has 2 atom stereocenters. The molecular weight excluding hydrogens is 552 g/mol. The van der Waals surface area contributed by atoms with Crippen molar-refractivity contribution in [2.75, 3.05) is 26.4 Å². The summed E-state index contributed by atoms with van der Waals surface area (Å²) in [4.78, 5) is 23.5. The lowest BCUT2D eigenvalue weighted by molar-refractivity contribution is -0.146. The summed E-state index contributed by atoms with van der Waals surface area (Å²) < 4.78 is 28.9. The van der Waals surface area contributed by atoms with Gasteiger partial charge in [-0.25, -0.2) is 9.59 Å². The Morgan fingerprint density at radius 3 is 1.30 bits per heavy atom. The molecule has 0 fully saturated rings. The zero-order chi connectivity index (χ0) is 31.1. The summed E-state index contributed by atoms with van der Waals surface area (Å²) in [6.45, 7) is 5.35. The lowest BCUT2D eigenvalue weighted by atomic mass is 10.1. The summed E-state index contributed by atoms with van der Waals surface area (Å²) in [5, 5.41) is 19.2. The molecule has 9 heteroatoms. The van der Waals surface area contributed by atoms with Crippen LogP contribution in [0.1, 0.15) is 90.9 Å². The van der Waals surface area contributed by atoms with Crippen molar-refractivity contribution in [1.82, 2.24) is 0 Å². The molecule has 0 spiro atoms. The molecule has 0 saturated heterocycles. The van der Waals surface area contributed by atoms with E-state index in [1.54, 1.807) is 48.5 Å². The van der Waals surface area contributed by atoms with Gasteiger partial charge < -0.3 is 33.9 Å². The Morgan fingerprint density at radius 2 is 0.930 bits per heavy atom. The van der Waals surface area contributed by atoms with E-state index in [0.717, 1.165) is 64.2 Å². The first-order valence-electron chi connectivity index (χ1n) is 15.8. The maximum Gasteiger partial charge on any atom is 0.344 e. The zero-order valence-corrected chi connectivity index (χ0v) is 25.8. The van der Waals surface area contributed by atoms with Gasteiger partial charge in [-0.1, -0.05) is 89.5 Å². The van der Waals surface area contributed by atoms with E-state index in [2.05, 4.69) is 13.8 Å². The van der Waals surface area contributed by atoms with E-state index in [1.807, 2.05) is 0 Å². The van der Waals surface area contributed by atoms with Crippen molar-refractivity contribution in [2.45, 2.75) is 103 Å². The predicted octanol–water partition coefficient (Wildman–Crippen LogP) is 7.55. The lowest BCUT2D eigenvalue weighted by Gasteiger charge is -2.18. The van der Waals surface area contributed by atoms with Crippen LogP contribution in [0.15, 0.2) is 48.5 Å². The number of carbonyl (C=O) groups is 2. The molecule has 0 heterocycles. The van der Waals surface area contributed by atoms with Crippen LogP contribution in [-0.2, 0) is 14.3 Å². The standard InChI is InChI=1S/C34H50O9/c1-3-5-7-9-11-21-31(33(35)36)42-29-19-15-13-17-27(29)40-25-23-39-24-26-41-28-18-14-16-20-30(28)43-32(34(37)38)22-12-10-8-6-4-2/h13-20,31-32H,3-12,21-26H2,1-2H3,(H,35,36)(H,37,38). The van der Waals surface area contributed by atoms with Gasteiger partial charge in [-0.2, -0.15) is 0 Å². The van der Waals surface area contributed by atoms with Crippen molar-refractivity contribution in [2.24, 2.45) is 0 Å². The Balaban J connectivity index is 1.75. The van der Waals surface area contributed by atoms with Crippen LogP contribution >= 0.6 is 0 Å². The fraction of sp³-hybridized carbons (Fsp3) is 0.588. The van der Waals surface area contributed by atoms with Gasteiger partial charge in [0.2, 0.25) is 0 Å². The summed E-state index contributed by atoms with van der Waals surface area (Å²) in [5.74, 6) is -0.260. The first-order valence-corrected chi connectivity index (χ1v) is 15.8. The van der Waals surface area contributed by atoms with Crippen molar-refractivity contribution in [3.63, 3.8) is 0 Å². The molecule has 0 radical (unpaired) electrons. The highest BCUT2D eigenvalue weighted by molar-refractivity contribution is 5.73. The molecule has 0 bridgehead atoms. The largest absolute Gasteiger partial charge is 0.487 e. The highest BCUT2D eigenvalue weighted by Crippen LogP contribution is 2.29. The maximum absolute atomic E-state index is 11.7. The number of hydrogen-bond donors (Lipinski definition) is 2. The quantitative estimate of drug-likeness (QED) is 0.105. The molecule has 9 nitrogen and oxygen atoms in total. The van der Waals surface area contributed by atoms with Crippen LogP contribution in [0.3, 0.4) is 0 Å². The van der Waals surface area contributed by atoms with Crippen LogP contribution < -0.4 is 18.9 Å². The third-order valence-electron chi connectivity index (χ3n) is 6.90. The number of rotatable bonds is 26. The third kappa shape index (κ3) is 15.0. The number of carboxylic acids is 2. The topological polar surface area (TPSA) is 121 Å². The molecule has 0 aromatic heterocycles. The van der Waals surface area contributed by atoms with E-state index in [4.69, 9.17) is 23.7 Å². The summed E-state index contributed by atoms with van der Waals surface area (Å²) in [6, 6.07) is 14.1. The Labute approximate surface area is 256 Å². The Bertz CT molecular complexity index is 961. The van der Waals surface area contributed by atoms with Crippen molar-refractivity contribution >= 4 is 11.9 Å². The van der Waals surface area contributed by atoms with Gasteiger partial charge >= 0.3 is 11.9 Å². The molecule has 0 aliphatic carbocycles. The van der Waals surface area contributed by atoms with Crippen LogP contribution in [0.2, 0.25) is 0 Å². The van der Waals surface area contributed by atoms with Gasteiger partial charge in [-0.3, -0.25) is 0 Å². The first kappa shape index (κ1) is 35.7. The van der Waals surface area contributed by atoms with Gasteiger partial charge in [0.1, 0.15) is 13.2 Å². The predicted molar refractivity (Wildman–Crippen MR) is 166 cm³/mol. The number of para-hydroxylation sites is 4. The first-order chi connectivity index (χ1) is 21.0. The van der Waals surface area contributed by atoms with E-state index in [9.17, 15) is 19.8 Å². The van der Waals surface area contributed by atoms with E-state index in [1.165, 1.54) is 0 Å². The highest BCUT2D eigenvalue weighted by atomic mass is 16.6. The highest BCUT2D eigenvalue weighted by Gasteiger charge is 2.22. The number of ether oxygens (including phenoxy) is 5. The smallest absolute Gasteiger partial charge is 0.344 e. The summed E-state index contributed by atoms with van der Waals surface area (Å²) in [6.07, 6.45) is 9.37. The molecule has 240 valence electrons. The number of unbranched alkanes of at least 4 members (excludes halogenated alkanes) is 8. The maximum atomic E-state index is 11.7. The van der Waals surface area contributed by atoms with Gasteiger partial charge in [0.25, 0.3) is 0 Å². The zero-order valence-electron chi connectivity index (χ0n) is 25.8. The monoisotopic (exact) mass is 602 g/mol. The SMILES string of the molecule is CCCCCCCC(Oc1ccccc1OCCOCCOc1ccccc1OC(CCCCCCC)C(=O)O)C(=O)O. The average Bonchev–Trinajstić information content (AvgIpc) is 3.00. The molecule has 0 saturated carbocycles. The Kier molecular flexibility index (Phi) is 18.4. The second-order valence-corrected chi connectivity index (χ2v) is 10.5. The van der Waals surface area contributed by atoms with Crippen molar-refractivity contribution < 1.29 is 43.5 Å². The number of benzene rings is 2. The van der Waals surface area contributed by atoms with E-state index >= 15 is 0 Å². The molecule has 2 unspecified atom stereocenters. The van der Waals surface area contributed by atoms with Crippen molar-refractivity contribution in [1.29, 1.82) is 0 Å². The van der Waals surface area contributed by atoms with E-state index in [-0.39, 0.29) is 26.4 Å². The molecule has 2 rings (SSSR count). The van der Waals surface area contributed by atoms with Gasteiger partial charge in [0, 0.05) is 0 Å². The Hall–Kier alpha value is -3.46. The molecule has 43 heavy (non-hydrogen) atoms. The second kappa shape index (κ2) is 22.1. The average molecular weight is 603 g/mol. The van der Waals surface area contributed by atoms with Crippen molar-refractivity contribution in [3.05, 3.63) is 48.5 Å². The van der Waals surface area contributed by atoms with Gasteiger partial charge in [-0.05, 0) is 49.9 Å². The lowest BCUT2D eigenvalue weighted by Crippen LogP contribution is -2.27. The molecule has 2 N–H and O–H groups in total. The molecular formula is C34H50O9. The molecule has 0 aliphatic heterocycles. The summed E-state index contributed by atoms with van der Waals surface area (Å²) in [5.41, 5.74) is 0. The molecule has 0 amide bonds. The van der Waals surface area contributed by atoms with Crippen LogP contribution in [0.5, 0.6) is 23.0 Å². The van der Waals surface area contributed by atoms with Gasteiger partial charge in [0.15, 0.2) is 35.2 Å². The van der Waals surface area contributed by atoms with Gasteiger partial charge in [-0.15, -0.1) is 0 Å². The second-order valence-electron chi connectivity index (χ2n) is 10.5. The number of hydrogen-bond acceptors (Lipinski definition) is 7. The minimum absolute atomic E-state index is 0.243. The molecule has 2 aromatic carbocycles. The van der Waals surface area contributed by atoms with Crippen LogP contribution in [-0.4, -0.2) is 60.8 Å². The van der Waals surface area contributed by atoms with Crippen LogP contribution in [0, 0.1) is 0 Å². The van der Waals surface area contributed by atoms with Gasteiger partial charge in [0.05, 0.1) is 13.2 Å². The van der Waals surface area contributed by atoms with Crippen LogP contribution in [0.25, 0.3) is 0 Å². The number of carboxylic acid groups (broad SMARTS) is 2. The summed E-state index contributed by atoms with van der Waals surface area (Å²) >= 11 is 0. The normalized spacial score (nSPS) is 12.3. The summed E-state index contributed by atoms with van der Waals surface area (Å²) in [7, 11) is 0. The number of aliphatic carboxylic acids is 2. The fourth-order valence-corrected chi connectivity index (χ4v) is 4.50. The molecule has 2 aromatic rings. The minimum Gasteiger partial charge on any atom is -0.487 e. The van der Waals surface area contributed by atoms with E-state index in [0.29, 0.717) is 35.8 Å². The van der Waals surface area contributed by atoms with Crippen molar-refractivity contribution in [3.8, 4) is 23.0 Å². The third-order valence-corrected chi connectivity index (χ3v) is 6.90.